The quantitative estimate of drug-likeness (QED) is 0.780. The van der Waals surface area contributed by atoms with Gasteiger partial charge >= 0.3 is 0 Å². The predicted molar refractivity (Wildman–Crippen MR) is 76.6 cm³/mol. The van der Waals surface area contributed by atoms with Crippen molar-refractivity contribution in [2.24, 2.45) is 11.8 Å². The summed E-state index contributed by atoms with van der Waals surface area (Å²) >= 11 is 6.00. The molecule has 0 saturated heterocycles. The van der Waals surface area contributed by atoms with Gasteiger partial charge in [-0.05, 0) is 49.9 Å². The molecule has 3 heteroatoms. The van der Waals surface area contributed by atoms with Crippen LogP contribution in [0, 0.1) is 17.7 Å². The highest BCUT2D eigenvalue weighted by molar-refractivity contribution is 6.31. The summed E-state index contributed by atoms with van der Waals surface area (Å²) in [6.07, 6.45) is 1.65. The lowest BCUT2D eigenvalue weighted by Gasteiger charge is -2.14. The van der Waals surface area contributed by atoms with Gasteiger partial charge in [-0.25, -0.2) is 4.39 Å². The van der Waals surface area contributed by atoms with Crippen molar-refractivity contribution in [2.75, 3.05) is 13.1 Å². The third-order valence-electron chi connectivity index (χ3n) is 2.99. The lowest BCUT2D eigenvalue weighted by atomic mass is 10.0. The second kappa shape index (κ2) is 7.75. The van der Waals surface area contributed by atoms with Crippen molar-refractivity contribution < 1.29 is 4.39 Å². The molecule has 1 rings (SSSR count). The van der Waals surface area contributed by atoms with Crippen molar-refractivity contribution in [2.45, 2.75) is 33.6 Å². The molecule has 0 fully saturated rings. The molecule has 0 aliphatic carbocycles. The van der Waals surface area contributed by atoms with Crippen molar-refractivity contribution in [3.63, 3.8) is 0 Å². The number of hydrogen-bond donors (Lipinski definition) is 1. The maximum absolute atomic E-state index is 13.6. The van der Waals surface area contributed by atoms with Gasteiger partial charge in [0.05, 0.1) is 0 Å². The second-order valence-electron chi connectivity index (χ2n) is 5.40. The normalized spacial score (nSPS) is 13.0. The molecule has 18 heavy (non-hydrogen) atoms. The van der Waals surface area contributed by atoms with Crippen LogP contribution in [-0.2, 0) is 6.42 Å². The zero-order chi connectivity index (χ0) is 13.5. The van der Waals surface area contributed by atoms with Crippen molar-refractivity contribution in [1.82, 2.24) is 5.32 Å². The zero-order valence-electron chi connectivity index (χ0n) is 11.5. The lowest BCUT2D eigenvalue weighted by molar-refractivity contribution is 0.451. The Morgan fingerprint density at radius 2 is 1.94 bits per heavy atom. The molecule has 0 aromatic heterocycles. The lowest BCUT2D eigenvalue weighted by Crippen LogP contribution is -2.25. The minimum absolute atomic E-state index is 0.190. The minimum Gasteiger partial charge on any atom is -0.316 e. The standard InChI is InChI=1S/C15H23ClFN/c1-11(2)9-18-10-12(3)7-8-13-14(16)5-4-6-15(13)17/h4-6,11-12,18H,7-10H2,1-3H3. The molecule has 0 spiro atoms. The predicted octanol–water partition coefficient (Wildman–Crippen LogP) is 4.29. The van der Waals surface area contributed by atoms with Crippen LogP contribution < -0.4 is 5.32 Å². The Bertz CT molecular complexity index is 345. The molecule has 0 amide bonds. The first-order valence-electron chi connectivity index (χ1n) is 6.64. The highest BCUT2D eigenvalue weighted by Crippen LogP contribution is 2.21. The van der Waals surface area contributed by atoms with Crippen LogP contribution in [0.4, 0.5) is 4.39 Å². The highest BCUT2D eigenvalue weighted by Gasteiger charge is 2.09. The summed E-state index contributed by atoms with van der Waals surface area (Å²) in [6.45, 7) is 8.57. The van der Waals surface area contributed by atoms with Crippen LogP contribution in [0.15, 0.2) is 18.2 Å². The van der Waals surface area contributed by atoms with Gasteiger partial charge < -0.3 is 5.32 Å². The summed E-state index contributed by atoms with van der Waals surface area (Å²) < 4.78 is 13.6. The molecule has 1 N–H and O–H groups in total. The molecule has 0 heterocycles. The Hall–Kier alpha value is -0.600. The van der Waals surface area contributed by atoms with Crippen LogP contribution in [-0.4, -0.2) is 13.1 Å². The number of hydrogen-bond acceptors (Lipinski definition) is 1. The van der Waals surface area contributed by atoms with Crippen molar-refractivity contribution in [3.05, 3.63) is 34.6 Å². The smallest absolute Gasteiger partial charge is 0.127 e. The monoisotopic (exact) mass is 271 g/mol. The van der Waals surface area contributed by atoms with Crippen LogP contribution in [0.5, 0.6) is 0 Å². The Kier molecular flexibility index (Phi) is 6.66. The largest absolute Gasteiger partial charge is 0.316 e. The molecule has 1 aromatic rings. The molecule has 1 aromatic carbocycles. The van der Waals surface area contributed by atoms with E-state index in [4.69, 9.17) is 11.6 Å². The van der Waals surface area contributed by atoms with E-state index in [1.807, 2.05) is 0 Å². The molecule has 102 valence electrons. The van der Waals surface area contributed by atoms with E-state index in [2.05, 4.69) is 26.1 Å². The minimum atomic E-state index is -0.190. The van der Waals surface area contributed by atoms with Gasteiger partial charge in [-0.2, -0.15) is 0 Å². The van der Waals surface area contributed by atoms with E-state index in [0.717, 1.165) is 19.5 Å². The van der Waals surface area contributed by atoms with Gasteiger partial charge in [-0.15, -0.1) is 0 Å². The topological polar surface area (TPSA) is 12.0 Å². The highest BCUT2D eigenvalue weighted by atomic mass is 35.5. The first-order valence-corrected chi connectivity index (χ1v) is 7.02. The number of benzene rings is 1. The number of rotatable bonds is 7. The van der Waals surface area contributed by atoms with Gasteiger partial charge in [-0.1, -0.05) is 38.4 Å². The fourth-order valence-electron chi connectivity index (χ4n) is 1.88. The van der Waals surface area contributed by atoms with Crippen LogP contribution in [0.1, 0.15) is 32.8 Å². The molecular formula is C15H23ClFN. The molecule has 1 atom stereocenters. The Morgan fingerprint density at radius 3 is 2.56 bits per heavy atom. The zero-order valence-corrected chi connectivity index (χ0v) is 12.2. The Labute approximate surface area is 115 Å². The molecule has 0 aliphatic rings. The van der Waals surface area contributed by atoms with Crippen LogP contribution in [0.3, 0.4) is 0 Å². The molecule has 1 nitrogen and oxygen atoms in total. The van der Waals surface area contributed by atoms with Gasteiger partial charge in [0.2, 0.25) is 0 Å². The molecular weight excluding hydrogens is 249 g/mol. The first-order chi connectivity index (χ1) is 8.50. The van der Waals surface area contributed by atoms with Crippen molar-refractivity contribution >= 4 is 11.6 Å². The molecule has 0 aliphatic heterocycles. The summed E-state index contributed by atoms with van der Waals surface area (Å²) in [7, 11) is 0. The molecule has 0 bridgehead atoms. The summed E-state index contributed by atoms with van der Waals surface area (Å²) in [5.74, 6) is 1.00. The van der Waals surface area contributed by atoms with Gasteiger partial charge in [0, 0.05) is 10.6 Å². The summed E-state index contributed by atoms with van der Waals surface area (Å²) in [5.41, 5.74) is 0.648. The Morgan fingerprint density at radius 1 is 1.22 bits per heavy atom. The molecule has 0 radical (unpaired) electrons. The fourth-order valence-corrected chi connectivity index (χ4v) is 2.14. The fraction of sp³-hybridized carbons (Fsp3) is 0.600. The maximum Gasteiger partial charge on any atom is 0.127 e. The average Bonchev–Trinajstić information content (AvgIpc) is 2.27. The van der Waals surface area contributed by atoms with Gasteiger partial charge in [-0.3, -0.25) is 0 Å². The SMILES string of the molecule is CC(C)CNCC(C)CCc1c(F)cccc1Cl. The Balaban J connectivity index is 2.36. The third-order valence-corrected chi connectivity index (χ3v) is 3.35. The van der Waals surface area contributed by atoms with Gasteiger partial charge in [0.15, 0.2) is 0 Å². The van der Waals surface area contributed by atoms with E-state index in [0.29, 0.717) is 28.8 Å². The van der Waals surface area contributed by atoms with Crippen LogP contribution in [0.2, 0.25) is 5.02 Å². The van der Waals surface area contributed by atoms with E-state index in [1.165, 1.54) is 6.07 Å². The number of nitrogens with one attached hydrogen (secondary N) is 1. The van der Waals surface area contributed by atoms with E-state index in [1.54, 1.807) is 12.1 Å². The van der Waals surface area contributed by atoms with Gasteiger partial charge in [0.25, 0.3) is 0 Å². The van der Waals surface area contributed by atoms with Crippen LogP contribution in [0.25, 0.3) is 0 Å². The summed E-state index contributed by atoms with van der Waals surface area (Å²) in [6, 6.07) is 4.87. The van der Waals surface area contributed by atoms with Crippen molar-refractivity contribution in [3.8, 4) is 0 Å². The number of halogens is 2. The third kappa shape index (κ3) is 5.36. The summed E-state index contributed by atoms with van der Waals surface area (Å²) in [4.78, 5) is 0. The average molecular weight is 272 g/mol. The first kappa shape index (κ1) is 15.5. The van der Waals surface area contributed by atoms with Crippen molar-refractivity contribution in [1.29, 1.82) is 0 Å². The van der Waals surface area contributed by atoms with Gasteiger partial charge in [0.1, 0.15) is 5.82 Å². The summed E-state index contributed by atoms with van der Waals surface area (Å²) in [5, 5.41) is 3.96. The van der Waals surface area contributed by atoms with E-state index in [-0.39, 0.29) is 5.82 Å². The maximum atomic E-state index is 13.6. The van der Waals surface area contributed by atoms with E-state index < -0.39 is 0 Å². The van der Waals surface area contributed by atoms with E-state index in [9.17, 15) is 4.39 Å². The second-order valence-corrected chi connectivity index (χ2v) is 5.80. The van der Waals surface area contributed by atoms with Crippen LogP contribution >= 0.6 is 11.6 Å². The van der Waals surface area contributed by atoms with E-state index >= 15 is 0 Å². The molecule has 0 saturated carbocycles. The molecule has 1 unspecified atom stereocenters.